The van der Waals surface area contributed by atoms with E-state index in [0.29, 0.717) is 5.75 Å². The van der Waals surface area contributed by atoms with Gasteiger partial charge < -0.3 is 5.32 Å². The van der Waals surface area contributed by atoms with E-state index in [0.717, 1.165) is 16.8 Å². The summed E-state index contributed by atoms with van der Waals surface area (Å²) < 4.78 is 40.1. The van der Waals surface area contributed by atoms with Crippen molar-refractivity contribution in [2.75, 3.05) is 11.6 Å². The Hall–Kier alpha value is -1.12. The Morgan fingerprint density at radius 3 is 2.82 bits per heavy atom. The smallest absolute Gasteiger partial charge is 0.247 e. The summed E-state index contributed by atoms with van der Waals surface area (Å²) in [7, 11) is -4.03. The zero-order valence-electron chi connectivity index (χ0n) is 12.5. The molecule has 5 nitrogen and oxygen atoms in total. The van der Waals surface area contributed by atoms with Crippen LogP contribution in [0, 0.1) is 5.82 Å². The summed E-state index contributed by atoms with van der Waals surface area (Å²) in [5, 5.41) is 2.79. The van der Waals surface area contributed by atoms with E-state index >= 15 is 0 Å². The maximum Gasteiger partial charge on any atom is 0.247 e. The molecule has 2 atom stereocenters. The normalized spacial score (nSPS) is 20.8. The number of sulfonamides is 1. The van der Waals surface area contributed by atoms with E-state index in [-0.39, 0.29) is 22.7 Å². The van der Waals surface area contributed by atoms with Gasteiger partial charge in [0, 0.05) is 11.8 Å². The molecule has 0 radical (unpaired) electrons. The predicted octanol–water partition coefficient (Wildman–Crippen LogP) is 1.80. The lowest BCUT2D eigenvalue weighted by molar-refractivity contribution is -0.124. The first-order valence-corrected chi connectivity index (χ1v) is 9.62. The molecule has 1 saturated heterocycles. The summed E-state index contributed by atoms with van der Waals surface area (Å²) in [6.45, 7) is 3.79. The molecule has 1 N–H and O–H groups in total. The van der Waals surface area contributed by atoms with Crippen molar-refractivity contribution in [3.8, 4) is 0 Å². The molecule has 1 heterocycles. The van der Waals surface area contributed by atoms with Gasteiger partial charge in [-0.3, -0.25) is 4.79 Å². The quantitative estimate of drug-likeness (QED) is 0.883. The molecule has 8 heteroatoms. The zero-order valence-corrected chi connectivity index (χ0v) is 14.1. The number of hydrogen-bond acceptors (Lipinski definition) is 4. The number of nitrogens with one attached hydrogen (secondary N) is 1. The molecule has 0 spiro atoms. The average molecular weight is 346 g/mol. The van der Waals surface area contributed by atoms with E-state index in [4.69, 9.17) is 0 Å². The molecule has 22 heavy (non-hydrogen) atoms. The molecule has 0 aromatic heterocycles. The first-order valence-electron chi connectivity index (χ1n) is 7.02. The predicted molar refractivity (Wildman–Crippen MR) is 84.4 cm³/mol. The molecule has 0 aliphatic carbocycles. The van der Waals surface area contributed by atoms with Crippen molar-refractivity contribution in [1.29, 1.82) is 0 Å². The van der Waals surface area contributed by atoms with Crippen molar-refractivity contribution in [2.45, 2.75) is 37.2 Å². The number of amides is 1. The van der Waals surface area contributed by atoms with Gasteiger partial charge in [-0.15, -0.1) is 11.8 Å². The molecule has 1 fully saturated rings. The van der Waals surface area contributed by atoms with Gasteiger partial charge in [-0.1, -0.05) is 19.1 Å². The number of rotatable bonds is 5. The molecular weight excluding hydrogens is 327 g/mol. The van der Waals surface area contributed by atoms with Gasteiger partial charge in [-0.2, -0.15) is 4.31 Å². The number of halogens is 1. The molecule has 1 aliphatic rings. The van der Waals surface area contributed by atoms with Crippen LogP contribution in [0.15, 0.2) is 29.2 Å². The van der Waals surface area contributed by atoms with Gasteiger partial charge in [0.05, 0.1) is 5.88 Å². The van der Waals surface area contributed by atoms with Crippen LogP contribution >= 0.6 is 11.8 Å². The van der Waals surface area contributed by atoms with Crippen LogP contribution in [0.3, 0.4) is 0 Å². The van der Waals surface area contributed by atoms with Crippen LogP contribution < -0.4 is 5.32 Å². The van der Waals surface area contributed by atoms with Crippen molar-refractivity contribution >= 4 is 27.7 Å². The highest BCUT2D eigenvalue weighted by atomic mass is 32.2. The Morgan fingerprint density at radius 2 is 2.18 bits per heavy atom. The van der Waals surface area contributed by atoms with Gasteiger partial charge in [0.15, 0.2) is 0 Å². The fourth-order valence-electron chi connectivity index (χ4n) is 2.09. The highest BCUT2D eigenvalue weighted by Gasteiger charge is 2.41. The highest BCUT2D eigenvalue weighted by molar-refractivity contribution is 8.00. The molecule has 1 aromatic rings. The summed E-state index contributed by atoms with van der Waals surface area (Å²) in [6, 6.07) is 4.38. The molecule has 0 bridgehead atoms. The van der Waals surface area contributed by atoms with Gasteiger partial charge in [-0.25, -0.2) is 12.8 Å². The van der Waals surface area contributed by atoms with Crippen LogP contribution in [-0.4, -0.2) is 42.3 Å². The maximum absolute atomic E-state index is 13.8. The van der Waals surface area contributed by atoms with E-state index in [2.05, 4.69) is 5.32 Å². The lowest BCUT2D eigenvalue weighted by Gasteiger charge is -2.24. The van der Waals surface area contributed by atoms with Gasteiger partial charge >= 0.3 is 0 Å². The Labute approximate surface area is 134 Å². The summed E-state index contributed by atoms with van der Waals surface area (Å²) in [5.74, 6) is -0.620. The monoisotopic (exact) mass is 346 g/mol. The Bertz CT molecular complexity index is 651. The molecule has 1 aliphatic heterocycles. The third-order valence-electron chi connectivity index (χ3n) is 3.57. The fourth-order valence-corrected chi connectivity index (χ4v) is 5.31. The van der Waals surface area contributed by atoms with Gasteiger partial charge in [-0.05, 0) is 25.5 Å². The standard InChI is InChI=1S/C14H19FN2O3S2/c1-3-10(2)16-14(18)12-8-21-9-17(12)22(19,20)13-7-5-4-6-11(13)15/h4-7,10,12H,3,8-9H2,1-2H3,(H,16,18)/t10-,12-/m1/s1. The van der Waals surface area contributed by atoms with Crippen molar-refractivity contribution in [3.63, 3.8) is 0 Å². The van der Waals surface area contributed by atoms with Crippen LogP contribution in [0.2, 0.25) is 0 Å². The minimum absolute atomic E-state index is 0.0314. The molecule has 1 aromatic carbocycles. The highest BCUT2D eigenvalue weighted by Crippen LogP contribution is 2.29. The van der Waals surface area contributed by atoms with Crippen molar-refractivity contribution in [3.05, 3.63) is 30.1 Å². The average Bonchev–Trinajstić information content (AvgIpc) is 2.97. The minimum atomic E-state index is -4.03. The molecule has 0 saturated carbocycles. The second-order valence-electron chi connectivity index (χ2n) is 5.16. The maximum atomic E-state index is 13.8. The van der Waals surface area contributed by atoms with E-state index in [1.807, 2.05) is 13.8 Å². The third-order valence-corrected chi connectivity index (χ3v) is 6.63. The number of nitrogens with zero attached hydrogens (tertiary/aromatic N) is 1. The second-order valence-corrected chi connectivity index (χ2v) is 8.01. The number of benzene rings is 1. The first-order chi connectivity index (χ1) is 10.4. The van der Waals surface area contributed by atoms with E-state index < -0.39 is 21.9 Å². The lowest BCUT2D eigenvalue weighted by atomic mass is 10.2. The second kappa shape index (κ2) is 6.97. The molecule has 0 unspecified atom stereocenters. The Morgan fingerprint density at radius 1 is 1.50 bits per heavy atom. The van der Waals surface area contributed by atoms with Crippen molar-refractivity contribution < 1.29 is 17.6 Å². The van der Waals surface area contributed by atoms with Crippen LogP contribution in [0.5, 0.6) is 0 Å². The molecular formula is C14H19FN2O3S2. The number of thioether (sulfide) groups is 1. The van der Waals surface area contributed by atoms with E-state index in [9.17, 15) is 17.6 Å². The molecule has 2 rings (SSSR count). The topological polar surface area (TPSA) is 66.5 Å². The first kappa shape index (κ1) is 17.2. The summed E-state index contributed by atoms with van der Waals surface area (Å²) in [6.07, 6.45) is 0.756. The Kier molecular flexibility index (Phi) is 5.46. The minimum Gasteiger partial charge on any atom is -0.352 e. The zero-order chi connectivity index (χ0) is 16.3. The SMILES string of the molecule is CC[C@@H](C)NC(=O)[C@H]1CSCN1S(=O)(=O)c1ccccc1F. The summed E-state index contributed by atoms with van der Waals surface area (Å²) >= 11 is 1.34. The van der Waals surface area contributed by atoms with Gasteiger partial charge in [0.1, 0.15) is 16.8 Å². The fraction of sp³-hybridized carbons (Fsp3) is 0.500. The van der Waals surface area contributed by atoms with Gasteiger partial charge in [0.25, 0.3) is 0 Å². The Balaban J connectivity index is 2.27. The summed E-state index contributed by atoms with van der Waals surface area (Å²) in [4.78, 5) is 11.9. The number of hydrogen-bond donors (Lipinski definition) is 1. The van der Waals surface area contributed by atoms with Crippen LogP contribution in [0.25, 0.3) is 0 Å². The third kappa shape index (κ3) is 3.44. The molecule has 122 valence electrons. The van der Waals surface area contributed by atoms with Crippen LogP contribution in [-0.2, 0) is 14.8 Å². The van der Waals surface area contributed by atoms with Crippen molar-refractivity contribution in [2.24, 2.45) is 0 Å². The van der Waals surface area contributed by atoms with E-state index in [1.54, 1.807) is 0 Å². The number of carbonyl (C=O) groups is 1. The summed E-state index contributed by atoms with van der Waals surface area (Å²) in [5.41, 5.74) is 0. The van der Waals surface area contributed by atoms with Crippen LogP contribution in [0.4, 0.5) is 4.39 Å². The van der Waals surface area contributed by atoms with E-state index in [1.165, 1.54) is 30.0 Å². The van der Waals surface area contributed by atoms with Crippen LogP contribution in [0.1, 0.15) is 20.3 Å². The largest absolute Gasteiger partial charge is 0.352 e. The number of carbonyl (C=O) groups excluding carboxylic acids is 1. The van der Waals surface area contributed by atoms with Crippen molar-refractivity contribution in [1.82, 2.24) is 9.62 Å². The molecule has 1 amide bonds. The lowest BCUT2D eigenvalue weighted by Crippen LogP contribution is -2.49. The van der Waals surface area contributed by atoms with Gasteiger partial charge in [0.2, 0.25) is 15.9 Å².